The first-order chi connectivity index (χ1) is 15.5. The number of benzene rings is 3. The zero-order chi connectivity index (χ0) is 22.4. The number of carbonyl (C=O) groups is 2. The number of aromatic carboxylic acids is 2. The lowest BCUT2D eigenvalue weighted by Gasteiger charge is -2.26. The maximum absolute atomic E-state index is 16.1. The third-order valence-corrected chi connectivity index (χ3v) is 6.56. The molecule has 0 aromatic heterocycles. The quantitative estimate of drug-likeness (QED) is 0.661. The fourth-order valence-corrected chi connectivity index (χ4v) is 5.17. The zero-order valence-electron chi connectivity index (χ0n) is 17.3. The second-order valence-corrected chi connectivity index (χ2v) is 8.28. The third kappa shape index (κ3) is 3.12. The van der Waals surface area contributed by atoms with Gasteiger partial charge >= 0.3 is 11.9 Å². The average Bonchev–Trinajstić information content (AvgIpc) is 2.81. The van der Waals surface area contributed by atoms with Gasteiger partial charge in [0.25, 0.3) is 0 Å². The highest BCUT2D eigenvalue weighted by Gasteiger charge is 2.30. The molecule has 3 aromatic rings. The predicted molar refractivity (Wildman–Crippen MR) is 119 cm³/mol. The zero-order valence-corrected chi connectivity index (χ0v) is 17.3. The second kappa shape index (κ2) is 7.75. The van der Waals surface area contributed by atoms with Crippen LogP contribution in [0.2, 0.25) is 0 Å². The summed E-state index contributed by atoms with van der Waals surface area (Å²) >= 11 is 0. The Hall–Kier alpha value is -3.73. The molecule has 0 aliphatic heterocycles. The standard InChI is InChI=1S/C27H21FO4/c28-25-19-9-4-3-8-17(19)18-13-12-15-6-1-2-7-16(15)24(18)23(25)14-22-20(26(29)30)10-5-11-21(22)27(31)32/h3-6,8-13,23H,1-2,7,14H2,(H,29,30)(H,31,32). The van der Waals surface area contributed by atoms with E-state index in [1.807, 2.05) is 18.2 Å². The molecular formula is C27H21FO4. The summed E-state index contributed by atoms with van der Waals surface area (Å²) in [6.07, 6.45) is 4.86. The maximum Gasteiger partial charge on any atom is 0.335 e. The van der Waals surface area contributed by atoms with Crippen molar-refractivity contribution in [3.8, 4) is 0 Å². The molecule has 0 saturated heterocycles. The number of fused-ring (bicyclic) bond motifs is 4. The van der Waals surface area contributed by atoms with E-state index in [0.717, 1.165) is 46.0 Å². The largest absolute Gasteiger partial charge is 0.478 e. The van der Waals surface area contributed by atoms with Crippen LogP contribution in [0.1, 0.15) is 56.2 Å². The number of hydrogen-bond donors (Lipinski definition) is 2. The molecule has 0 saturated carbocycles. The van der Waals surface area contributed by atoms with Crippen molar-refractivity contribution < 1.29 is 24.2 Å². The number of carboxylic acid groups (broad SMARTS) is 2. The summed E-state index contributed by atoms with van der Waals surface area (Å²) in [6, 6.07) is 15.5. The van der Waals surface area contributed by atoms with Crippen LogP contribution >= 0.6 is 0 Å². The number of halogens is 1. The summed E-state index contributed by atoms with van der Waals surface area (Å²) in [5, 5.41) is 22.7. The lowest BCUT2D eigenvalue weighted by atomic mass is 9.78. The van der Waals surface area contributed by atoms with Crippen molar-refractivity contribution in [1.29, 1.82) is 0 Å². The van der Waals surface area contributed by atoms with E-state index in [0.29, 0.717) is 5.22 Å². The van der Waals surface area contributed by atoms with Crippen molar-refractivity contribution in [2.45, 2.75) is 31.6 Å². The summed E-state index contributed by atoms with van der Waals surface area (Å²) in [5.41, 5.74) is 1.87. The van der Waals surface area contributed by atoms with Crippen molar-refractivity contribution in [1.82, 2.24) is 0 Å². The van der Waals surface area contributed by atoms with Crippen molar-refractivity contribution >= 4 is 23.8 Å². The first-order valence-corrected chi connectivity index (χ1v) is 10.7. The number of hydrogen-bond acceptors (Lipinski definition) is 2. The average molecular weight is 428 g/mol. The molecule has 1 unspecified atom stereocenters. The molecule has 32 heavy (non-hydrogen) atoms. The van der Waals surface area contributed by atoms with E-state index in [4.69, 9.17) is 0 Å². The first-order valence-electron chi connectivity index (χ1n) is 10.7. The van der Waals surface area contributed by atoms with Crippen molar-refractivity contribution in [3.63, 3.8) is 0 Å². The summed E-state index contributed by atoms with van der Waals surface area (Å²) in [6.45, 7) is 0. The number of carboxylic acids is 2. The van der Waals surface area contributed by atoms with Crippen LogP contribution in [0.3, 0.4) is 0 Å². The van der Waals surface area contributed by atoms with Gasteiger partial charge in [0.05, 0.1) is 11.1 Å². The molecule has 0 heterocycles. The molecule has 4 nitrogen and oxygen atoms in total. The Kier molecular flexibility index (Phi) is 4.89. The van der Waals surface area contributed by atoms with E-state index in [1.54, 1.807) is 12.1 Å². The molecule has 0 spiro atoms. The van der Waals surface area contributed by atoms with Gasteiger partial charge < -0.3 is 10.2 Å². The fraction of sp³-hybridized carbons (Fsp3) is 0.185. The molecule has 1 atom stereocenters. The normalized spacial score (nSPS) is 16.4. The molecule has 2 aliphatic carbocycles. The summed E-state index contributed by atoms with van der Waals surface area (Å²) < 4.78 is 16.1. The Morgan fingerprint density at radius 1 is 0.875 bits per heavy atom. The van der Waals surface area contributed by atoms with Crippen LogP contribution in [0, 0.1) is 10.4 Å². The van der Waals surface area contributed by atoms with E-state index >= 15 is 4.39 Å². The van der Waals surface area contributed by atoms with Gasteiger partial charge in [0.2, 0.25) is 0 Å². The van der Waals surface area contributed by atoms with Gasteiger partial charge in [0, 0.05) is 11.1 Å². The molecule has 2 aliphatic rings. The third-order valence-electron chi connectivity index (χ3n) is 6.56. The Labute approximate surface area is 183 Å². The smallest absolute Gasteiger partial charge is 0.335 e. The molecule has 5 rings (SSSR count). The SMILES string of the molecule is O=C(O)c1cccc(C(=O)O)c1CC1C(F)=c2ccccc2=c2ccc3c(c21)CCCC=3. The highest BCUT2D eigenvalue weighted by molar-refractivity contribution is 5.96. The monoisotopic (exact) mass is 428 g/mol. The van der Waals surface area contributed by atoms with E-state index < -0.39 is 17.9 Å². The lowest BCUT2D eigenvalue weighted by molar-refractivity contribution is 0.0695. The van der Waals surface area contributed by atoms with Crippen LogP contribution in [-0.4, -0.2) is 22.2 Å². The highest BCUT2D eigenvalue weighted by Crippen LogP contribution is 2.36. The van der Waals surface area contributed by atoms with Gasteiger partial charge in [0.15, 0.2) is 0 Å². The van der Waals surface area contributed by atoms with Gasteiger partial charge in [-0.25, -0.2) is 14.0 Å². The minimum absolute atomic E-state index is 0.0340. The van der Waals surface area contributed by atoms with Crippen LogP contribution in [0.5, 0.6) is 0 Å². The fourth-order valence-electron chi connectivity index (χ4n) is 5.17. The summed E-state index contributed by atoms with van der Waals surface area (Å²) in [7, 11) is 0. The Morgan fingerprint density at radius 2 is 1.56 bits per heavy atom. The molecule has 3 aromatic carbocycles. The first kappa shape index (κ1) is 20.2. The second-order valence-electron chi connectivity index (χ2n) is 8.28. The molecule has 0 bridgehead atoms. The molecule has 0 radical (unpaired) electrons. The van der Waals surface area contributed by atoms with Crippen LogP contribution < -0.4 is 10.4 Å². The Bertz CT molecular complexity index is 1470. The molecule has 2 N–H and O–H groups in total. The molecule has 0 fully saturated rings. The number of rotatable bonds is 4. The van der Waals surface area contributed by atoms with Crippen LogP contribution in [0.4, 0.5) is 4.39 Å². The van der Waals surface area contributed by atoms with E-state index in [-0.39, 0.29) is 28.9 Å². The van der Waals surface area contributed by atoms with Crippen molar-refractivity contribution in [2.24, 2.45) is 0 Å². The minimum atomic E-state index is -1.22. The van der Waals surface area contributed by atoms with Gasteiger partial charge in [-0.05, 0) is 70.2 Å². The van der Waals surface area contributed by atoms with Gasteiger partial charge in [0.1, 0.15) is 5.83 Å². The Balaban J connectivity index is 1.84. The van der Waals surface area contributed by atoms with Crippen molar-refractivity contribution in [3.05, 3.63) is 103 Å². The van der Waals surface area contributed by atoms with E-state index in [1.165, 1.54) is 18.2 Å². The van der Waals surface area contributed by atoms with Crippen LogP contribution in [0.25, 0.3) is 11.9 Å². The van der Waals surface area contributed by atoms with Crippen LogP contribution in [0.15, 0.2) is 54.6 Å². The van der Waals surface area contributed by atoms with Crippen molar-refractivity contribution in [2.75, 3.05) is 0 Å². The van der Waals surface area contributed by atoms with Crippen LogP contribution in [-0.2, 0) is 12.8 Å². The molecular weight excluding hydrogens is 407 g/mol. The van der Waals surface area contributed by atoms with E-state index in [2.05, 4.69) is 12.1 Å². The molecule has 0 amide bonds. The van der Waals surface area contributed by atoms with E-state index in [9.17, 15) is 19.8 Å². The summed E-state index contributed by atoms with van der Waals surface area (Å²) in [4.78, 5) is 23.8. The molecule has 5 heteroatoms. The molecule has 160 valence electrons. The van der Waals surface area contributed by atoms with Gasteiger partial charge in [-0.3, -0.25) is 0 Å². The Morgan fingerprint density at radius 3 is 2.25 bits per heavy atom. The predicted octanol–water partition coefficient (Wildman–Crippen LogP) is 3.90. The minimum Gasteiger partial charge on any atom is -0.478 e. The lowest BCUT2D eigenvalue weighted by Crippen LogP contribution is -2.26. The topological polar surface area (TPSA) is 74.6 Å². The maximum atomic E-state index is 16.1. The summed E-state index contributed by atoms with van der Waals surface area (Å²) in [5.74, 6) is -3.53. The van der Waals surface area contributed by atoms with Gasteiger partial charge in [-0.1, -0.05) is 48.5 Å². The highest BCUT2D eigenvalue weighted by atomic mass is 19.1. The van der Waals surface area contributed by atoms with Gasteiger partial charge in [-0.15, -0.1) is 0 Å². The van der Waals surface area contributed by atoms with Gasteiger partial charge in [-0.2, -0.15) is 0 Å².